The summed E-state index contributed by atoms with van der Waals surface area (Å²) in [4.78, 5) is 22.2. The van der Waals surface area contributed by atoms with Crippen molar-refractivity contribution in [1.29, 1.82) is 0 Å². The highest BCUT2D eigenvalue weighted by Crippen LogP contribution is 2.29. The maximum Gasteiger partial charge on any atom is 0.326 e. The first-order valence-electron chi connectivity index (χ1n) is 4.85. The van der Waals surface area contributed by atoms with Crippen LogP contribution in [0.2, 0.25) is 5.02 Å². The molecule has 2 rings (SSSR count). The van der Waals surface area contributed by atoms with Gasteiger partial charge >= 0.3 is 5.97 Å². The molecule has 0 saturated carbocycles. The molecule has 0 bridgehead atoms. The van der Waals surface area contributed by atoms with E-state index in [0.29, 0.717) is 5.02 Å². The number of hydrogen-bond acceptors (Lipinski definition) is 2. The molecular weight excluding hydrogens is 230 g/mol. The Morgan fingerprint density at radius 3 is 2.56 bits per heavy atom. The van der Waals surface area contributed by atoms with Crippen LogP contribution < -0.4 is 5.32 Å². The highest BCUT2D eigenvalue weighted by Gasteiger charge is 2.38. The molecule has 1 aliphatic rings. The molecule has 16 heavy (non-hydrogen) atoms. The Hall–Kier alpha value is -1.55. The number of nitrogens with one attached hydrogen (secondary N) is 1. The quantitative estimate of drug-likeness (QED) is 0.820. The van der Waals surface area contributed by atoms with Gasteiger partial charge in [-0.3, -0.25) is 4.79 Å². The van der Waals surface area contributed by atoms with Crippen LogP contribution in [-0.4, -0.2) is 23.0 Å². The van der Waals surface area contributed by atoms with E-state index in [4.69, 9.17) is 16.7 Å². The van der Waals surface area contributed by atoms with Crippen LogP contribution in [0, 0.1) is 0 Å². The molecule has 1 aromatic carbocycles. The molecule has 4 nitrogen and oxygen atoms in total. The van der Waals surface area contributed by atoms with Crippen LogP contribution in [0.4, 0.5) is 0 Å². The van der Waals surface area contributed by atoms with Gasteiger partial charge in [0.25, 0.3) is 0 Å². The third-order valence-electron chi connectivity index (χ3n) is 2.69. The second-order valence-electron chi connectivity index (χ2n) is 3.75. The molecular formula is C11H10ClNO3. The number of aliphatic carboxylic acids is 1. The molecule has 1 heterocycles. The van der Waals surface area contributed by atoms with Crippen molar-refractivity contribution in [2.45, 2.75) is 18.4 Å². The molecule has 1 saturated heterocycles. The van der Waals surface area contributed by atoms with Gasteiger partial charge in [0, 0.05) is 17.4 Å². The zero-order valence-electron chi connectivity index (χ0n) is 8.31. The lowest BCUT2D eigenvalue weighted by molar-refractivity contribution is -0.140. The fourth-order valence-corrected chi connectivity index (χ4v) is 2.03. The number of carbonyl (C=O) groups is 2. The predicted octanol–water partition coefficient (Wildman–Crippen LogP) is 1.40. The van der Waals surface area contributed by atoms with Gasteiger partial charge in [-0.15, -0.1) is 0 Å². The highest BCUT2D eigenvalue weighted by molar-refractivity contribution is 6.30. The topological polar surface area (TPSA) is 66.4 Å². The van der Waals surface area contributed by atoms with Gasteiger partial charge in [-0.2, -0.15) is 0 Å². The van der Waals surface area contributed by atoms with E-state index in [1.54, 1.807) is 24.3 Å². The molecule has 0 radical (unpaired) electrons. The fraction of sp³-hybridized carbons (Fsp3) is 0.273. The second kappa shape index (κ2) is 4.14. The third kappa shape index (κ3) is 2.02. The van der Waals surface area contributed by atoms with E-state index in [1.165, 1.54) is 0 Å². The van der Waals surface area contributed by atoms with E-state index in [0.717, 1.165) is 5.56 Å². The fourth-order valence-electron chi connectivity index (χ4n) is 1.90. The largest absolute Gasteiger partial charge is 0.480 e. The third-order valence-corrected chi connectivity index (χ3v) is 2.94. The molecule has 2 atom stereocenters. The molecule has 1 aliphatic heterocycles. The Morgan fingerprint density at radius 1 is 1.38 bits per heavy atom. The lowest BCUT2D eigenvalue weighted by Gasteiger charge is -2.14. The maximum absolute atomic E-state index is 11.2. The van der Waals surface area contributed by atoms with E-state index in [1.807, 2.05) is 0 Å². The molecule has 0 unspecified atom stereocenters. The summed E-state index contributed by atoms with van der Waals surface area (Å²) >= 11 is 5.75. The van der Waals surface area contributed by atoms with Crippen molar-refractivity contribution < 1.29 is 14.7 Å². The molecule has 1 amide bonds. The van der Waals surface area contributed by atoms with Gasteiger partial charge in [0.05, 0.1) is 0 Å². The summed E-state index contributed by atoms with van der Waals surface area (Å²) in [5, 5.41) is 12.0. The van der Waals surface area contributed by atoms with Crippen LogP contribution in [-0.2, 0) is 9.59 Å². The predicted molar refractivity (Wildman–Crippen MR) is 58.4 cm³/mol. The first kappa shape index (κ1) is 11.0. The summed E-state index contributed by atoms with van der Waals surface area (Å²) in [6.45, 7) is 0. The summed E-state index contributed by atoms with van der Waals surface area (Å²) < 4.78 is 0. The van der Waals surface area contributed by atoms with Gasteiger partial charge in [0.1, 0.15) is 6.04 Å². The molecule has 1 aromatic rings. The lowest BCUT2D eigenvalue weighted by atomic mass is 9.92. The standard InChI is InChI=1S/C11H10ClNO3/c12-7-3-1-6(2-4-7)8-5-9(14)13-10(8)11(15)16/h1-4,8,10H,5H2,(H,13,14)(H,15,16)/t8-,10-/m0/s1. The molecule has 0 aromatic heterocycles. The summed E-state index contributed by atoms with van der Waals surface area (Å²) in [5.41, 5.74) is 0.815. The van der Waals surface area contributed by atoms with Crippen LogP contribution in [0.3, 0.4) is 0 Å². The zero-order chi connectivity index (χ0) is 11.7. The van der Waals surface area contributed by atoms with Gasteiger partial charge < -0.3 is 10.4 Å². The minimum Gasteiger partial charge on any atom is -0.480 e. The molecule has 84 valence electrons. The van der Waals surface area contributed by atoms with Crippen molar-refractivity contribution in [3.05, 3.63) is 34.9 Å². The molecule has 0 aliphatic carbocycles. The summed E-state index contributed by atoms with van der Waals surface area (Å²) in [6.07, 6.45) is 0.207. The Morgan fingerprint density at radius 2 is 2.00 bits per heavy atom. The van der Waals surface area contributed by atoms with Gasteiger partial charge in [-0.25, -0.2) is 4.79 Å². The van der Waals surface area contributed by atoms with Crippen LogP contribution in [0.5, 0.6) is 0 Å². The Labute approximate surface area is 97.2 Å². The average molecular weight is 240 g/mol. The van der Waals surface area contributed by atoms with Gasteiger partial charge in [-0.05, 0) is 17.7 Å². The Kier molecular flexibility index (Phi) is 2.83. The number of hydrogen-bond donors (Lipinski definition) is 2. The van der Waals surface area contributed by atoms with Crippen molar-refractivity contribution in [2.75, 3.05) is 0 Å². The van der Waals surface area contributed by atoms with E-state index < -0.39 is 12.0 Å². The van der Waals surface area contributed by atoms with E-state index in [2.05, 4.69) is 5.32 Å². The molecule has 5 heteroatoms. The normalized spacial score (nSPS) is 24.2. The average Bonchev–Trinajstić information content (AvgIpc) is 2.61. The first-order valence-corrected chi connectivity index (χ1v) is 5.23. The Balaban J connectivity index is 2.28. The maximum atomic E-state index is 11.2. The van der Waals surface area contributed by atoms with E-state index in [-0.39, 0.29) is 18.2 Å². The molecule has 2 N–H and O–H groups in total. The number of amides is 1. The lowest BCUT2D eigenvalue weighted by Crippen LogP contribution is -2.35. The van der Waals surface area contributed by atoms with Gasteiger partial charge in [0.15, 0.2) is 0 Å². The second-order valence-corrected chi connectivity index (χ2v) is 4.18. The van der Waals surface area contributed by atoms with Crippen LogP contribution in [0.15, 0.2) is 24.3 Å². The van der Waals surface area contributed by atoms with Crippen molar-refractivity contribution in [3.63, 3.8) is 0 Å². The first-order chi connectivity index (χ1) is 7.58. The van der Waals surface area contributed by atoms with Crippen molar-refractivity contribution >= 4 is 23.5 Å². The van der Waals surface area contributed by atoms with E-state index in [9.17, 15) is 9.59 Å². The van der Waals surface area contributed by atoms with E-state index >= 15 is 0 Å². The summed E-state index contributed by atoms with van der Waals surface area (Å²) in [5.74, 6) is -1.56. The van der Waals surface area contributed by atoms with Crippen molar-refractivity contribution in [2.24, 2.45) is 0 Å². The van der Waals surface area contributed by atoms with Gasteiger partial charge in [0.2, 0.25) is 5.91 Å². The number of rotatable bonds is 2. The minimum atomic E-state index is -1.01. The SMILES string of the molecule is O=C1C[C@@H](c2ccc(Cl)cc2)[C@@H](C(=O)O)N1. The number of carboxylic acids is 1. The number of benzene rings is 1. The summed E-state index contributed by atoms with van der Waals surface area (Å²) in [6, 6.07) is 6.05. The minimum absolute atomic E-state index is 0.207. The number of carbonyl (C=O) groups excluding carboxylic acids is 1. The smallest absolute Gasteiger partial charge is 0.326 e. The molecule has 0 spiro atoms. The number of halogens is 1. The van der Waals surface area contributed by atoms with Gasteiger partial charge in [-0.1, -0.05) is 23.7 Å². The van der Waals surface area contributed by atoms with Crippen molar-refractivity contribution in [3.8, 4) is 0 Å². The number of carboxylic acid groups (broad SMARTS) is 1. The Bertz CT molecular complexity index is 429. The highest BCUT2D eigenvalue weighted by atomic mass is 35.5. The summed E-state index contributed by atoms with van der Waals surface area (Å²) in [7, 11) is 0. The van der Waals surface area contributed by atoms with Crippen LogP contribution in [0.25, 0.3) is 0 Å². The van der Waals surface area contributed by atoms with Crippen LogP contribution >= 0.6 is 11.6 Å². The molecule has 1 fully saturated rings. The van der Waals surface area contributed by atoms with Crippen molar-refractivity contribution in [1.82, 2.24) is 5.32 Å². The van der Waals surface area contributed by atoms with Crippen LogP contribution in [0.1, 0.15) is 17.9 Å². The zero-order valence-corrected chi connectivity index (χ0v) is 9.07. The monoisotopic (exact) mass is 239 g/mol.